The number of fused-ring (bicyclic) bond motifs is 1. The first-order valence-corrected chi connectivity index (χ1v) is 6.74. The molecule has 3 rings (SSSR count). The standard InChI is InChI=1S/C14H11BrFNO2/c1-14(2-3-14)11-6-9(13(18)19)8-4-7(16)5-10(15)12(8)17-11/h4-6H,2-3H2,1H3,(H,18,19). The van der Waals surface area contributed by atoms with Crippen LogP contribution in [0.3, 0.4) is 0 Å². The Bertz CT molecular complexity index is 710. The third-order valence-corrected chi connectivity index (χ3v) is 4.28. The van der Waals surface area contributed by atoms with E-state index in [9.17, 15) is 14.3 Å². The Hall–Kier alpha value is -1.49. The van der Waals surface area contributed by atoms with Gasteiger partial charge < -0.3 is 5.11 Å². The van der Waals surface area contributed by atoms with Gasteiger partial charge in [0.1, 0.15) is 5.82 Å². The Balaban J connectivity index is 2.38. The van der Waals surface area contributed by atoms with Crippen LogP contribution in [0.2, 0.25) is 0 Å². The highest BCUT2D eigenvalue weighted by Gasteiger charge is 2.41. The number of nitrogens with zero attached hydrogens (tertiary/aromatic N) is 1. The van der Waals surface area contributed by atoms with Gasteiger partial charge in [-0.2, -0.15) is 0 Å². The number of rotatable bonds is 2. The molecule has 0 saturated heterocycles. The van der Waals surface area contributed by atoms with Gasteiger partial charge in [0.2, 0.25) is 0 Å². The minimum absolute atomic E-state index is 0.0355. The van der Waals surface area contributed by atoms with E-state index >= 15 is 0 Å². The molecule has 3 nitrogen and oxygen atoms in total. The lowest BCUT2D eigenvalue weighted by atomic mass is 9.99. The van der Waals surface area contributed by atoms with Gasteiger partial charge in [0.15, 0.2) is 0 Å². The van der Waals surface area contributed by atoms with Gasteiger partial charge in [-0.15, -0.1) is 0 Å². The van der Waals surface area contributed by atoms with Crippen molar-refractivity contribution in [2.45, 2.75) is 25.2 Å². The van der Waals surface area contributed by atoms with Crippen LogP contribution in [0.4, 0.5) is 4.39 Å². The fourth-order valence-electron chi connectivity index (χ4n) is 2.18. The average molecular weight is 324 g/mol. The summed E-state index contributed by atoms with van der Waals surface area (Å²) in [6.07, 6.45) is 2.01. The molecule has 0 bridgehead atoms. The van der Waals surface area contributed by atoms with E-state index in [1.165, 1.54) is 12.1 Å². The van der Waals surface area contributed by atoms with E-state index in [0.29, 0.717) is 15.4 Å². The number of hydrogen-bond acceptors (Lipinski definition) is 2. The first-order chi connectivity index (χ1) is 8.90. The van der Waals surface area contributed by atoms with Crippen LogP contribution in [0.5, 0.6) is 0 Å². The van der Waals surface area contributed by atoms with E-state index in [-0.39, 0.29) is 11.0 Å². The van der Waals surface area contributed by atoms with E-state index < -0.39 is 11.8 Å². The molecule has 1 fully saturated rings. The van der Waals surface area contributed by atoms with Crippen LogP contribution in [-0.2, 0) is 5.41 Å². The summed E-state index contributed by atoms with van der Waals surface area (Å²) in [5, 5.41) is 9.64. The number of benzene rings is 1. The van der Waals surface area contributed by atoms with E-state index in [4.69, 9.17) is 0 Å². The Morgan fingerprint density at radius 2 is 2.11 bits per heavy atom. The van der Waals surface area contributed by atoms with Crippen LogP contribution in [0, 0.1) is 5.82 Å². The van der Waals surface area contributed by atoms with Gasteiger partial charge in [0, 0.05) is 21.0 Å². The Kier molecular flexibility index (Phi) is 2.64. The van der Waals surface area contributed by atoms with Gasteiger partial charge in [-0.1, -0.05) is 6.92 Å². The van der Waals surface area contributed by atoms with E-state index in [0.717, 1.165) is 18.5 Å². The SMILES string of the molecule is CC1(c2cc(C(=O)O)c3cc(F)cc(Br)c3n2)CC1. The topological polar surface area (TPSA) is 50.2 Å². The molecule has 5 heteroatoms. The molecular formula is C14H11BrFNO2. The maximum atomic E-state index is 13.4. The molecule has 0 atom stereocenters. The second-order valence-electron chi connectivity index (χ2n) is 5.20. The first-order valence-electron chi connectivity index (χ1n) is 5.94. The molecule has 1 aromatic carbocycles. The normalized spacial score (nSPS) is 16.6. The Morgan fingerprint density at radius 1 is 1.42 bits per heavy atom. The van der Waals surface area contributed by atoms with Crippen molar-refractivity contribution in [1.29, 1.82) is 0 Å². The summed E-state index contributed by atoms with van der Waals surface area (Å²) >= 11 is 3.26. The molecular weight excluding hydrogens is 313 g/mol. The van der Waals surface area contributed by atoms with Gasteiger partial charge in [-0.3, -0.25) is 4.98 Å². The van der Waals surface area contributed by atoms with Crippen molar-refractivity contribution in [2.75, 3.05) is 0 Å². The first kappa shape index (κ1) is 12.5. The quantitative estimate of drug-likeness (QED) is 0.912. The molecule has 1 aromatic heterocycles. The van der Waals surface area contributed by atoms with Crippen molar-refractivity contribution in [3.05, 3.63) is 39.7 Å². The fourth-order valence-corrected chi connectivity index (χ4v) is 2.70. The minimum Gasteiger partial charge on any atom is -0.478 e. The maximum absolute atomic E-state index is 13.4. The predicted molar refractivity (Wildman–Crippen MR) is 72.9 cm³/mol. The van der Waals surface area contributed by atoms with E-state index in [1.807, 2.05) is 0 Å². The molecule has 0 radical (unpaired) electrons. The molecule has 1 aliphatic carbocycles. The van der Waals surface area contributed by atoms with Gasteiger partial charge in [-0.05, 0) is 47.0 Å². The molecule has 1 N–H and O–H groups in total. The second kappa shape index (κ2) is 4.00. The molecule has 0 amide bonds. The van der Waals surface area contributed by atoms with Crippen LogP contribution in [-0.4, -0.2) is 16.1 Å². The number of aromatic carboxylic acids is 1. The van der Waals surface area contributed by atoms with Crippen LogP contribution >= 0.6 is 15.9 Å². The van der Waals surface area contributed by atoms with Crippen LogP contribution in [0.25, 0.3) is 10.9 Å². The maximum Gasteiger partial charge on any atom is 0.336 e. The largest absolute Gasteiger partial charge is 0.478 e. The second-order valence-corrected chi connectivity index (χ2v) is 6.06. The molecule has 1 heterocycles. The number of pyridine rings is 1. The highest BCUT2D eigenvalue weighted by atomic mass is 79.9. The van der Waals surface area contributed by atoms with E-state index in [2.05, 4.69) is 27.8 Å². The monoisotopic (exact) mass is 323 g/mol. The zero-order valence-electron chi connectivity index (χ0n) is 10.2. The Morgan fingerprint density at radius 3 is 2.68 bits per heavy atom. The molecule has 1 aliphatic rings. The number of carboxylic acids is 1. The van der Waals surface area contributed by atoms with Crippen molar-refractivity contribution >= 4 is 32.8 Å². The minimum atomic E-state index is -1.06. The number of carbonyl (C=O) groups is 1. The van der Waals surface area contributed by atoms with Crippen molar-refractivity contribution in [1.82, 2.24) is 4.98 Å². The zero-order valence-corrected chi connectivity index (χ0v) is 11.8. The average Bonchev–Trinajstić information content (AvgIpc) is 3.07. The lowest BCUT2D eigenvalue weighted by Crippen LogP contribution is -2.08. The van der Waals surface area contributed by atoms with Crippen LogP contribution in [0.15, 0.2) is 22.7 Å². The summed E-state index contributed by atoms with van der Waals surface area (Å²) in [7, 11) is 0. The van der Waals surface area contributed by atoms with Gasteiger partial charge in [0.05, 0.1) is 11.1 Å². The summed E-state index contributed by atoms with van der Waals surface area (Å²) in [6, 6.07) is 4.10. The summed E-state index contributed by atoms with van der Waals surface area (Å²) in [4.78, 5) is 15.9. The third-order valence-electron chi connectivity index (χ3n) is 3.68. The molecule has 0 spiro atoms. The number of carboxylic acid groups (broad SMARTS) is 1. The van der Waals surface area contributed by atoms with Gasteiger partial charge in [0.25, 0.3) is 0 Å². The molecule has 0 unspecified atom stereocenters. The van der Waals surface area contributed by atoms with Crippen molar-refractivity contribution < 1.29 is 14.3 Å². The lowest BCUT2D eigenvalue weighted by molar-refractivity contribution is 0.0699. The third kappa shape index (κ3) is 2.02. The predicted octanol–water partition coefficient (Wildman–Crippen LogP) is 3.89. The molecule has 2 aromatic rings. The van der Waals surface area contributed by atoms with E-state index in [1.54, 1.807) is 6.07 Å². The molecule has 0 aliphatic heterocycles. The highest BCUT2D eigenvalue weighted by Crippen LogP contribution is 2.47. The summed E-state index contributed by atoms with van der Waals surface area (Å²) in [6.45, 7) is 2.06. The number of hydrogen-bond donors (Lipinski definition) is 1. The van der Waals surface area contributed by atoms with Crippen LogP contribution in [0.1, 0.15) is 35.8 Å². The Labute approximate surface area is 117 Å². The van der Waals surface area contributed by atoms with Gasteiger partial charge >= 0.3 is 5.97 Å². The van der Waals surface area contributed by atoms with Crippen molar-refractivity contribution in [3.8, 4) is 0 Å². The highest BCUT2D eigenvalue weighted by molar-refractivity contribution is 9.10. The van der Waals surface area contributed by atoms with Crippen molar-refractivity contribution in [2.24, 2.45) is 0 Å². The fraction of sp³-hybridized carbons (Fsp3) is 0.286. The summed E-state index contributed by atoms with van der Waals surface area (Å²) in [5.41, 5.74) is 1.34. The summed E-state index contributed by atoms with van der Waals surface area (Å²) < 4.78 is 13.9. The van der Waals surface area contributed by atoms with Crippen molar-refractivity contribution in [3.63, 3.8) is 0 Å². The number of aromatic nitrogens is 1. The van der Waals surface area contributed by atoms with Gasteiger partial charge in [-0.25, -0.2) is 9.18 Å². The lowest BCUT2D eigenvalue weighted by Gasteiger charge is -2.12. The summed E-state index contributed by atoms with van der Waals surface area (Å²) in [5.74, 6) is -1.54. The van der Waals surface area contributed by atoms with Crippen LogP contribution < -0.4 is 0 Å². The molecule has 1 saturated carbocycles. The zero-order chi connectivity index (χ0) is 13.8. The smallest absolute Gasteiger partial charge is 0.336 e. The molecule has 19 heavy (non-hydrogen) atoms. The molecule has 98 valence electrons. The number of halogens is 2.